The van der Waals surface area contributed by atoms with Crippen LogP contribution in [0.5, 0.6) is 0 Å². The van der Waals surface area contributed by atoms with Crippen molar-refractivity contribution < 1.29 is 9.84 Å². The number of hydrogen-bond acceptors (Lipinski definition) is 3. The molecule has 0 spiro atoms. The summed E-state index contributed by atoms with van der Waals surface area (Å²) < 4.78 is 5.85. The Morgan fingerprint density at radius 2 is 2.14 bits per heavy atom. The largest absolute Gasteiger partial charge is 0.389 e. The van der Waals surface area contributed by atoms with Gasteiger partial charge < -0.3 is 15.6 Å². The number of fused-ring (bicyclic) bond motifs is 1. The van der Waals surface area contributed by atoms with E-state index in [1.807, 2.05) is 0 Å². The van der Waals surface area contributed by atoms with Crippen molar-refractivity contribution in [1.29, 1.82) is 0 Å². The van der Waals surface area contributed by atoms with Crippen molar-refractivity contribution in [2.75, 3.05) is 13.2 Å². The van der Waals surface area contributed by atoms with Crippen LogP contribution >= 0.6 is 0 Å². The molecule has 2 aliphatic rings. The fourth-order valence-electron chi connectivity index (χ4n) is 4.45. The highest BCUT2D eigenvalue weighted by molar-refractivity contribution is 5.43. The summed E-state index contributed by atoms with van der Waals surface area (Å²) in [5, 5.41) is 11.5. The van der Waals surface area contributed by atoms with Crippen LogP contribution in [0, 0.1) is 0 Å². The Kier molecular flexibility index (Phi) is 4.08. The molecule has 21 heavy (non-hydrogen) atoms. The standard InChI is InChI=1S/C18H27NO2/c1-2-5-15-12-18(20,10-11-21-15)17(13-19)9-8-14-6-3-4-7-16(14)17/h3-4,6-7,15,20H,2,5,8-13,19H2,1H3. The molecular formula is C18H27NO2. The van der Waals surface area contributed by atoms with Gasteiger partial charge in [-0.25, -0.2) is 0 Å². The lowest BCUT2D eigenvalue weighted by molar-refractivity contribution is -0.142. The zero-order valence-corrected chi connectivity index (χ0v) is 13.0. The molecule has 3 heteroatoms. The van der Waals surface area contributed by atoms with Gasteiger partial charge in [-0.2, -0.15) is 0 Å². The second-order valence-electron chi connectivity index (χ2n) is 6.71. The molecule has 1 fully saturated rings. The van der Waals surface area contributed by atoms with Crippen LogP contribution in [0.25, 0.3) is 0 Å². The van der Waals surface area contributed by atoms with Gasteiger partial charge in [-0.15, -0.1) is 0 Å². The lowest BCUT2D eigenvalue weighted by Crippen LogP contribution is -2.58. The van der Waals surface area contributed by atoms with Gasteiger partial charge >= 0.3 is 0 Å². The molecule has 1 aromatic rings. The van der Waals surface area contributed by atoms with E-state index in [1.165, 1.54) is 11.1 Å². The number of aryl methyl sites for hydroxylation is 1. The molecule has 0 amide bonds. The Hall–Kier alpha value is -0.900. The summed E-state index contributed by atoms with van der Waals surface area (Å²) in [6.45, 7) is 3.32. The van der Waals surface area contributed by atoms with E-state index >= 15 is 0 Å². The second-order valence-corrected chi connectivity index (χ2v) is 6.71. The van der Waals surface area contributed by atoms with E-state index in [0.717, 1.165) is 25.7 Å². The van der Waals surface area contributed by atoms with Gasteiger partial charge in [0.05, 0.1) is 11.7 Å². The quantitative estimate of drug-likeness (QED) is 0.895. The molecule has 3 atom stereocenters. The van der Waals surface area contributed by atoms with Crippen molar-refractivity contribution in [3.8, 4) is 0 Å². The summed E-state index contributed by atoms with van der Waals surface area (Å²) in [6, 6.07) is 8.50. The van der Waals surface area contributed by atoms with Gasteiger partial charge in [0, 0.05) is 31.4 Å². The number of rotatable bonds is 4. The van der Waals surface area contributed by atoms with Gasteiger partial charge in [0.15, 0.2) is 0 Å². The minimum atomic E-state index is -0.730. The third-order valence-corrected chi connectivity index (χ3v) is 5.64. The summed E-state index contributed by atoms with van der Waals surface area (Å²) in [6.07, 6.45) is 5.67. The van der Waals surface area contributed by atoms with Crippen molar-refractivity contribution in [3.05, 3.63) is 35.4 Å². The highest BCUT2D eigenvalue weighted by Crippen LogP contribution is 2.50. The van der Waals surface area contributed by atoms with E-state index in [4.69, 9.17) is 10.5 Å². The van der Waals surface area contributed by atoms with E-state index in [9.17, 15) is 5.11 Å². The molecule has 3 rings (SSSR count). The maximum Gasteiger partial charge on any atom is 0.0802 e. The van der Waals surface area contributed by atoms with Gasteiger partial charge in [0.1, 0.15) is 0 Å². The van der Waals surface area contributed by atoms with Crippen molar-refractivity contribution in [3.63, 3.8) is 0 Å². The molecule has 3 nitrogen and oxygen atoms in total. The van der Waals surface area contributed by atoms with Gasteiger partial charge in [0.25, 0.3) is 0 Å². The maximum absolute atomic E-state index is 11.5. The Labute approximate surface area is 127 Å². The summed E-state index contributed by atoms with van der Waals surface area (Å²) >= 11 is 0. The number of aliphatic hydroxyl groups is 1. The van der Waals surface area contributed by atoms with E-state index in [0.29, 0.717) is 26.0 Å². The van der Waals surface area contributed by atoms with Gasteiger partial charge in [-0.3, -0.25) is 0 Å². The SMILES string of the molecule is CCCC1CC(O)(C2(CN)CCc3ccccc32)CCO1. The molecule has 3 N–H and O–H groups in total. The van der Waals surface area contributed by atoms with Crippen molar-refractivity contribution in [2.45, 2.75) is 62.6 Å². The third-order valence-electron chi connectivity index (χ3n) is 5.64. The van der Waals surface area contributed by atoms with Crippen LogP contribution in [-0.4, -0.2) is 30.0 Å². The normalized spacial score (nSPS) is 35.7. The minimum absolute atomic E-state index is 0.171. The van der Waals surface area contributed by atoms with Crippen LogP contribution in [-0.2, 0) is 16.6 Å². The molecule has 1 aliphatic carbocycles. The average Bonchev–Trinajstić information content (AvgIpc) is 2.88. The highest BCUT2D eigenvalue weighted by atomic mass is 16.5. The van der Waals surface area contributed by atoms with Gasteiger partial charge in [0.2, 0.25) is 0 Å². The summed E-state index contributed by atoms with van der Waals surface area (Å²) in [5.41, 5.74) is 7.82. The van der Waals surface area contributed by atoms with Crippen LogP contribution in [0.15, 0.2) is 24.3 Å². The number of benzene rings is 1. The van der Waals surface area contributed by atoms with Crippen molar-refractivity contribution in [2.24, 2.45) is 5.73 Å². The molecule has 0 bridgehead atoms. The highest BCUT2D eigenvalue weighted by Gasteiger charge is 2.55. The molecule has 0 radical (unpaired) electrons. The Balaban J connectivity index is 1.96. The molecule has 1 aromatic carbocycles. The lowest BCUT2D eigenvalue weighted by Gasteiger charge is -2.49. The first-order valence-electron chi connectivity index (χ1n) is 8.27. The van der Waals surface area contributed by atoms with Crippen LogP contribution in [0.1, 0.15) is 50.2 Å². The molecule has 0 aromatic heterocycles. The van der Waals surface area contributed by atoms with Gasteiger partial charge in [-0.1, -0.05) is 37.6 Å². The molecule has 1 aliphatic heterocycles. The topological polar surface area (TPSA) is 55.5 Å². The zero-order valence-electron chi connectivity index (χ0n) is 13.0. The smallest absolute Gasteiger partial charge is 0.0802 e. The van der Waals surface area contributed by atoms with E-state index in [2.05, 4.69) is 31.2 Å². The minimum Gasteiger partial charge on any atom is -0.389 e. The molecule has 1 heterocycles. The molecule has 116 valence electrons. The first-order chi connectivity index (χ1) is 10.1. The van der Waals surface area contributed by atoms with Crippen LogP contribution in [0.2, 0.25) is 0 Å². The van der Waals surface area contributed by atoms with Crippen LogP contribution in [0.4, 0.5) is 0 Å². The van der Waals surface area contributed by atoms with Crippen molar-refractivity contribution in [1.82, 2.24) is 0 Å². The fraction of sp³-hybridized carbons (Fsp3) is 0.667. The molecule has 3 unspecified atom stereocenters. The monoisotopic (exact) mass is 289 g/mol. The fourth-order valence-corrected chi connectivity index (χ4v) is 4.45. The first-order valence-corrected chi connectivity index (χ1v) is 8.27. The van der Waals surface area contributed by atoms with Crippen LogP contribution < -0.4 is 5.73 Å². The predicted molar refractivity (Wildman–Crippen MR) is 84.3 cm³/mol. The lowest BCUT2D eigenvalue weighted by atomic mass is 9.63. The summed E-state index contributed by atoms with van der Waals surface area (Å²) in [5.74, 6) is 0. The number of nitrogens with two attached hydrogens (primary N) is 1. The maximum atomic E-state index is 11.5. The Morgan fingerprint density at radius 3 is 2.90 bits per heavy atom. The summed E-state index contributed by atoms with van der Waals surface area (Å²) in [7, 11) is 0. The van der Waals surface area contributed by atoms with Gasteiger partial charge in [-0.05, 0) is 30.4 Å². The van der Waals surface area contributed by atoms with Crippen molar-refractivity contribution >= 4 is 0 Å². The van der Waals surface area contributed by atoms with E-state index < -0.39 is 5.60 Å². The number of ether oxygens (including phenoxy) is 1. The third kappa shape index (κ3) is 2.32. The Morgan fingerprint density at radius 1 is 1.33 bits per heavy atom. The molecule has 1 saturated heterocycles. The predicted octanol–water partition coefficient (Wildman–Crippen LogP) is 2.54. The van der Waals surface area contributed by atoms with E-state index in [1.54, 1.807) is 0 Å². The van der Waals surface area contributed by atoms with E-state index in [-0.39, 0.29) is 11.5 Å². The number of hydrogen-bond donors (Lipinski definition) is 2. The molecule has 0 saturated carbocycles. The summed E-state index contributed by atoms with van der Waals surface area (Å²) in [4.78, 5) is 0. The zero-order chi connectivity index (χ0) is 14.9. The Bertz CT molecular complexity index is 502. The average molecular weight is 289 g/mol. The molecular weight excluding hydrogens is 262 g/mol. The first kappa shape index (κ1) is 15.0. The second kappa shape index (κ2) is 5.71. The van der Waals surface area contributed by atoms with Crippen LogP contribution in [0.3, 0.4) is 0 Å².